The first-order chi connectivity index (χ1) is 8.25. The Balaban J connectivity index is 2.57. The maximum Gasteiger partial charge on any atom is 0.317 e. The number of rotatable bonds is 3. The smallest absolute Gasteiger partial charge is 0.317 e. The van der Waals surface area contributed by atoms with Crippen molar-refractivity contribution in [3.05, 3.63) is 0 Å². The van der Waals surface area contributed by atoms with E-state index in [0.717, 1.165) is 19.3 Å². The highest BCUT2D eigenvalue weighted by Gasteiger charge is 2.32. The third kappa shape index (κ3) is 3.37. The van der Waals surface area contributed by atoms with Gasteiger partial charge in [-0.15, -0.1) is 0 Å². The van der Waals surface area contributed by atoms with Crippen LogP contribution in [0.3, 0.4) is 0 Å². The van der Waals surface area contributed by atoms with Crippen molar-refractivity contribution in [2.45, 2.75) is 59.0 Å². The van der Waals surface area contributed by atoms with E-state index in [4.69, 9.17) is 5.11 Å². The van der Waals surface area contributed by atoms with Crippen LogP contribution < -0.4 is 5.32 Å². The molecule has 0 spiro atoms. The fraction of sp³-hybridized carbons (Fsp3) is 0.846. The molecule has 5 heteroatoms. The van der Waals surface area contributed by atoms with Gasteiger partial charge in [0.15, 0.2) is 0 Å². The molecule has 0 aromatic heterocycles. The molecular formula is C13H24N2O3. The summed E-state index contributed by atoms with van der Waals surface area (Å²) in [4.78, 5) is 24.9. The average Bonchev–Trinajstić information content (AvgIpc) is 2.26. The second kappa shape index (κ2) is 5.59. The van der Waals surface area contributed by atoms with Gasteiger partial charge < -0.3 is 15.3 Å². The van der Waals surface area contributed by atoms with Crippen molar-refractivity contribution in [3.63, 3.8) is 0 Å². The quantitative estimate of drug-likeness (QED) is 0.812. The lowest BCUT2D eigenvalue weighted by Gasteiger charge is -2.39. The molecule has 18 heavy (non-hydrogen) atoms. The summed E-state index contributed by atoms with van der Waals surface area (Å²) in [5.41, 5.74) is -0.933. The van der Waals surface area contributed by atoms with Crippen LogP contribution in [0.2, 0.25) is 0 Å². The van der Waals surface area contributed by atoms with Crippen LogP contribution in [0.4, 0.5) is 4.79 Å². The van der Waals surface area contributed by atoms with Crippen molar-refractivity contribution in [1.29, 1.82) is 0 Å². The van der Waals surface area contributed by atoms with Crippen LogP contribution in [0.15, 0.2) is 0 Å². The number of carboxylic acid groups (broad SMARTS) is 1. The van der Waals surface area contributed by atoms with E-state index in [1.807, 2.05) is 18.7 Å². The number of nitrogens with one attached hydrogen (secondary N) is 1. The SMILES string of the molecule is C[C@@H]1CCC[C@H](C)N1C(=O)NCC(C)(C)C(=O)O. The molecule has 0 radical (unpaired) electrons. The fourth-order valence-electron chi connectivity index (χ4n) is 2.29. The normalized spacial score (nSPS) is 24.8. The van der Waals surface area contributed by atoms with Gasteiger partial charge in [-0.25, -0.2) is 4.79 Å². The number of hydrogen-bond acceptors (Lipinski definition) is 2. The number of urea groups is 1. The number of carbonyl (C=O) groups is 2. The lowest BCUT2D eigenvalue weighted by molar-refractivity contribution is -0.146. The standard InChI is InChI=1S/C13H24N2O3/c1-9-6-5-7-10(2)15(9)12(18)14-8-13(3,4)11(16)17/h9-10H,5-8H2,1-4H3,(H,14,18)(H,16,17)/t9-,10+. The molecule has 0 bridgehead atoms. The Morgan fingerprint density at radius 1 is 1.28 bits per heavy atom. The van der Waals surface area contributed by atoms with Gasteiger partial charge in [-0.3, -0.25) is 4.79 Å². The van der Waals surface area contributed by atoms with E-state index < -0.39 is 11.4 Å². The van der Waals surface area contributed by atoms with Crippen LogP contribution in [-0.2, 0) is 4.79 Å². The number of carbonyl (C=O) groups excluding carboxylic acids is 1. The van der Waals surface area contributed by atoms with Gasteiger partial charge in [0.05, 0.1) is 5.41 Å². The summed E-state index contributed by atoms with van der Waals surface area (Å²) in [6.45, 7) is 7.45. The molecule has 1 fully saturated rings. The molecule has 1 saturated heterocycles. The van der Waals surface area contributed by atoms with Crippen LogP contribution in [0.5, 0.6) is 0 Å². The summed E-state index contributed by atoms with van der Waals surface area (Å²) in [6.07, 6.45) is 3.17. The number of piperidine rings is 1. The largest absolute Gasteiger partial charge is 0.481 e. The lowest BCUT2D eigenvalue weighted by Crippen LogP contribution is -2.53. The van der Waals surface area contributed by atoms with Crippen molar-refractivity contribution in [2.75, 3.05) is 6.54 Å². The lowest BCUT2D eigenvalue weighted by atomic mass is 9.94. The Morgan fingerprint density at radius 2 is 1.78 bits per heavy atom. The predicted octanol–water partition coefficient (Wildman–Crippen LogP) is 2.07. The summed E-state index contributed by atoms with van der Waals surface area (Å²) in [5.74, 6) is -0.900. The van der Waals surface area contributed by atoms with Gasteiger partial charge in [-0.1, -0.05) is 0 Å². The molecule has 1 heterocycles. The van der Waals surface area contributed by atoms with Gasteiger partial charge in [0.2, 0.25) is 0 Å². The first kappa shape index (κ1) is 14.8. The molecule has 0 unspecified atom stereocenters. The first-order valence-electron chi connectivity index (χ1n) is 6.55. The molecule has 1 aliphatic rings. The minimum absolute atomic E-state index is 0.149. The van der Waals surface area contributed by atoms with Crippen LogP contribution in [0, 0.1) is 5.41 Å². The average molecular weight is 256 g/mol. The number of aliphatic carboxylic acids is 1. The van der Waals surface area contributed by atoms with Crippen molar-refractivity contribution < 1.29 is 14.7 Å². The van der Waals surface area contributed by atoms with E-state index in [1.165, 1.54) is 0 Å². The highest BCUT2D eigenvalue weighted by atomic mass is 16.4. The molecule has 2 N–H and O–H groups in total. The Bertz CT molecular complexity index is 318. The molecule has 2 amide bonds. The molecule has 0 aliphatic carbocycles. The monoisotopic (exact) mass is 256 g/mol. The number of hydrogen-bond donors (Lipinski definition) is 2. The summed E-state index contributed by atoms with van der Waals surface area (Å²) >= 11 is 0. The zero-order valence-electron chi connectivity index (χ0n) is 11.7. The highest BCUT2D eigenvalue weighted by molar-refractivity contribution is 5.78. The Morgan fingerprint density at radius 3 is 2.22 bits per heavy atom. The Labute approximate surface area is 109 Å². The third-order valence-corrected chi connectivity index (χ3v) is 3.69. The van der Waals surface area contributed by atoms with Crippen molar-refractivity contribution in [3.8, 4) is 0 Å². The summed E-state index contributed by atoms with van der Waals surface area (Å²) < 4.78 is 0. The molecule has 1 aliphatic heterocycles. The summed E-state index contributed by atoms with van der Waals surface area (Å²) in [7, 11) is 0. The second-order valence-corrected chi connectivity index (χ2v) is 5.88. The zero-order chi connectivity index (χ0) is 13.9. The summed E-state index contributed by atoms with van der Waals surface area (Å²) in [6, 6.07) is 0.299. The van der Waals surface area contributed by atoms with E-state index in [-0.39, 0.29) is 24.7 Å². The third-order valence-electron chi connectivity index (χ3n) is 3.69. The highest BCUT2D eigenvalue weighted by Crippen LogP contribution is 2.22. The molecule has 104 valence electrons. The molecule has 0 aromatic carbocycles. The van der Waals surface area contributed by atoms with Gasteiger partial charge in [0.25, 0.3) is 0 Å². The van der Waals surface area contributed by atoms with Crippen molar-refractivity contribution in [1.82, 2.24) is 10.2 Å². The predicted molar refractivity (Wildman–Crippen MR) is 69.4 cm³/mol. The molecule has 5 nitrogen and oxygen atoms in total. The minimum atomic E-state index is -0.933. The molecule has 1 rings (SSSR count). The van der Waals surface area contributed by atoms with Gasteiger partial charge in [-0.05, 0) is 47.0 Å². The Kier molecular flexibility index (Phi) is 4.59. The molecule has 2 atom stereocenters. The number of likely N-dealkylation sites (tertiary alicyclic amines) is 1. The fourth-order valence-corrected chi connectivity index (χ4v) is 2.29. The van der Waals surface area contributed by atoms with Crippen molar-refractivity contribution >= 4 is 12.0 Å². The maximum absolute atomic E-state index is 12.1. The zero-order valence-corrected chi connectivity index (χ0v) is 11.7. The summed E-state index contributed by atoms with van der Waals surface area (Å²) in [5, 5.41) is 11.7. The van der Waals surface area contributed by atoms with Crippen molar-refractivity contribution in [2.24, 2.45) is 5.41 Å². The van der Waals surface area contributed by atoms with E-state index in [0.29, 0.717) is 0 Å². The van der Waals surface area contributed by atoms with Crippen LogP contribution in [0.25, 0.3) is 0 Å². The van der Waals surface area contributed by atoms with Gasteiger partial charge in [-0.2, -0.15) is 0 Å². The van der Waals surface area contributed by atoms with Crippen LogP contribution >= 0.6 is 0 Å². The van der Waals surface area contributed by atoms with E-state index >= 15 is 0 Å². The van der Waals surface area contributed by atoms with E-state index in [1.54, 1.807) is 13.8 Å². The van der Waals surface area contributed by atoms with Crippen LogP contribution in [-0.4, -0.2) is 40.6 Å². The van der Waals surface area contributed by atoms with E-state index in [9.17, 15) is 9.59 Å². The number of amides is 2. The van der Waals surface area contributed by atoms with Crippen LogP contribution in [0.1, 0.15) is 47.0 Å². The Hall–Kier alpha value is -1.26. The maximum atomic E-state index is 12.1. The molecular weight excluding hydrogens is 232 g/mol. The minimum Gasteiger partial charge on any atom is -0.481 e. The first-order valence-corrected chi connectivity index (χ1v) is 6.55. The molecule has 0 saturated carbocycles. The van der Waals surface area contributed by atoms with Gasteiger partial charge in [0, 0.05) is 18.6 Å². The molecule has 0 aromatic rings. The van der Waals surface area contributed by atoms with Gasteiger partial charge in [0.1, 0.15) is 0 Å². The second-order valence-electron chi connectivity index (χ2n) is 5.88. The number of carboxylic acids is 1. The number of nitrogens with zero attached hydrogens (tertiary/aromatic N) is 1. The van der Waals surface area contributed by atoms with E-state index in [2.05, 4.69) is 5.32 Å². The van der Waals surface area contributed by atoms with Gasteiger partial charge >= 0.3 is 12.0 Å². The topological polar surface area (TPSA) is 69.6 Å².